The average molecular weight is 329 g/mol. The first-order valence-corrected chi connectivity index (χ1v) is 8.32. The Hall–Kier alpha value is -2.37. The van der Waals surface area contributed by atoms with Crippen molar-refractivity contribution in [2.75, 3.05) is 31.1 Å². The van der Waals surface area contributed by atoms with Gasteiger partial charge in [0.25, 0.3) is 0 Å². The van der Waals surface area contributed by atoms with Gasteiger partial charge in [0, 0.05) is 37.9 Å². The molecule has 1 aromatic carbocycles. The van der Waals surface area contributed by atoms with Gasteiger partial charge in [-0.25, -0.2) is 4.39 Å². The van der Waals surface area contributed by atoms with Crippen molar-refractivity contribution < 1.29 is 13.7 Å². The van der Waals surface area contributed by atoms with Crippen molar-refractivity contribution in [1.29, 1.82) is 0 Å². The molecule has 6 heteroatoms. The quantitative estimate of drug-likeness (QED) is 0.868. The van der Waals surface area contributed by atoms with Crippen molar-refractivity contribution in [3.8, 4) is 0 Å². The molecule has 1 aliphatic heterocycles. The largest absolute Gasteiger partial charge is 0.368 e. The van der Waals surface area contributed by atoms with Crippen molar-refractivity contribution >= 4 is 11.6 Å². The van der Waals surface area contributed by atoms with E-state index in [0.717, 1.165) is 43.1 Å². The fourth-order valence-electron chi connectivity index (χ4n) is 3.42. The van der Waals surface area contributed by atoms with Crippen LogP contribution >= 0.6 is 0 Å². The molecular weight excluding hydrogens is 309 g/mol. The Morgan fingerprint density at radius 3 is 2.38 bits per heavy atom. The maximum Gasteiger partial charge on any atom is 0.235 e. The van der Waals surface area contributed by atoms with E-state index in [1.54, 1.807) is 12.1 Å². The van der Waals surface area contributed by atoms with Crippen LogP contribution in [0.15, 0.2) is 34.9 Å². The van der Waals surface area contributed by atoms with Crippen LogP contribution in [0.5, 0.6) is 0 Å². The second-order valence-corrected chi connectivity index (χ2v) is 6.66. The lowest BCUT2D eigenvalue weighted by Crippen LogP contribution is -2.51. The molecule has 1 aromatic heterocycles. The van der Waals surface area contributed by atoms with Crippen LogP contribution in [0.1, 0.15) is 24.3 Å². The molecule has 0 unspecified atom stereocenters. The zero-order valence-corrected chi connectivity index (χ0v) is 13.7. The van der Waals surface area contributed by atoms with Gasteiger partial charge >= 0.3 is 0 Å². The molecule has 0 spiro atoms. The third-order valence-electron chi connectivity index (χ3n) is 5.04. The zero-order chi connectivity index (χ0) is 16.7. The van der Waals surface area contributed by atoms with Gasteiger partial charge in [0.1, 0.15) is 11.6 Å². The molecule has 4 rings (SSSR count). The fraction of sp³-hybridized carbons (Fsp3) is 0.444. The number of hydrogen-bond acceptors (Lipinski definition) is 4. The maximum absolute atomic E-state index is 13.0. The Balaban J connectivity index is 1.42. The van der Waals surface area contributed by atoms with Crippen molar-refractivity contribution in [2.45, 2.75) is 25.2 Å². The van der Waals surface area contributed by atoms with E-state index < -0.39 is 5.41 Å². The van der Waals surface area contributed by atoms with Gasteiger partial charge in [-0.3, -0.25) is 4.79 Å². The second-order valence-electron chi connectivity index (χ2n) is 6.66. The molecule has 1 saturated carbocycles. The van der Waals surface area contributed by atoms with Gasteiger partial charge in [0.2, 0.25) is 5.91 Å². The molecular formula is C18H20FN3O2. The average Bonchev–Trinajstić information content (AvgIpc) is 3.30. The highest BCUT2D eigenvalue weighted by molar-refractivity contribution is 5.91. The lowest BCUT2D eigenvalue weighted by molar-refractivity contribution is -0.134. The number of aromatic nitrogens is 1. The Labute approximate surface area is 140 Å². The van der Waals surface area contributed by atoms with E-state index in [4.69, 9.17) is 4.52 Å². The molecule has 2 aliphatic rings. The first-order valence-electron chi connectivity index (χ1n) is 8.32. The minimum Gasteiger partial charge on any atom is -0.368 e. The number of hydrogen-bond donors (Lipinski definition) is 0. The van der Waals surface area contributed by atoms with Gasteiger partial charge in [-0.05, 0) is 44.0 Å². The van der Waals surface area contributed by atoms with Gasteiger partial charge in [0.05, 0.1) is 11.1 Å². The number of anilines is 1. The normalized spacial score (nSPS) is 19.4. The molecule has 2 fully saturated rings. The minimum absolute atomic E-state index is 0.162. The summed E-state index contributed by atoms with van der Waals surface area (Å²) in [5, 5.41) is 4.07. The van der Waals surface area contributed by atoms with Crippen LogP contribution in [-0.2, 0) is 10.2 Å². The predicted octanol–water partition coefficient (Wildman–Crippen LogP) is 2.50. The standard InChI is InChI=1S/C18H20FN3O2/c1-13-12-16(20-24-13)18(6-7-18)17(23)22-10-8-21(9-11-22)15-4-2-14(19)3-5-15/h2-5,12H,6-11H2,1H3. The molecule has 1 amide bonds. The summed E-state index contributed by atoms with van der Waals surface area (Å²) in [5.41, 5.74) is 1.30. The number of amides is 1. The van der Waals surface area contributed by atoms with E-state index in [-0.39, 0.29) is 11.7 Å². The molecule has 0 radical (unpaired) electrons. The van der Waals surface area contributed by atoms with Gasteiger partial charge in [-0.2, -0.15) is 0 Å². The number of aryl methyl sites for hydroxylation is 1. The highest BCUT2D eigenvalue weighted by Gasteiger charge is 2.55. The maximum atomic E-state index is 13.0. The van der Waals surface area contributed by atoms with Crippen molar-refractivity contribution in [3.63, 3.8) is 0 Å². The van der Waals surface area contributed by atoms with Crippen LogP contribution in [0.25, 0.3) is 0 Å². The van der Waals surface area contributed by atoms with Crippen LogP contribution in [0, 0.1) is 12.7 Å². The number of nitrogens with zero attached hydrogens (tertiary/aromatic N) is 3. The summed E-state index contributed by atoms with van der Waals surface area (Å²) in [6.07, 6.45) is 1.69. The van der Waals surface area contributed by atoms with E-state index in [2.05, 4.69) is 10.1 Å². The van der Waals surface area contributed by atoms with E-state index in [9.17, 15) is 9.18 Å². The summed E-state index contributed by atoms with van der Waals surface area (Å²) in [6, 6.07) is 8.39. The zero-order valence-electron chi connectivity index (χ0n) is 13.7. The number of piperazine rings is 1. The molecule has 1 saturated heterocycles. The van der Waals surface area contributed by atoms with Gasteiger partial charge in [-0.1, -0.05) is 5.16 Å². The van der Waals surface area contributed by atoms with Gasteiger partial charge in [-0.15, -0.1) is 0 Å². The minimum atomic E-state index is -0.462. The number of carbonyl (C=O) groups is 1. The summed E-state index contributed by atoms with van der Waals surface area (Å²) in [4.78, 5) is 17.1. The molecule has 5 nitrogen and oxygen atoms in total. The van der Waals surface area contributed by atoms with Crippen molar-refractivity contribution in [2.24, 2.45) is 0 Å². The molecule has 0 N–H and O–H groups in total. The summed E-state index contributed by atoms with van der Waals surface area (Å²) in [7, 11) is 0. The van der Waals surface area contributed by atoms with Crippen LogP contribution in [0.4, 0.5) is 10.1 Å². The molecule has 2 heterocycles. The van der Waals surface area contributed by atoms with Crippen LogP contribution < -0.4 is 4.90 Å². The number of carbonyl (C=O) groups excluding carboxylic acids is 1. The van der Waals surface area contributed by atoms with Crippen molar-refractivity contribution in [3.05, 3.63) is 47.6 Å². The lowest BCUT2D eigenvalue weighted by Gasteiger charge is -2.37. The lowest BCUT2D eigenvalue weighted by atomic mass is 9.99. The van der Waals surface area contributed by atoms with Gasteiger partial charge in [0.15, 0.2) is 0 Å². The summed E-state index contributed by atoms with van der Waals surface area (Å²) < 4.78 is 18.2. The van der Waals surface area contributed by atoms with E-state index >= 15 is 0 Å². The highest BCUT2D eigenvalue weighted by atomic mass is 19.1. The number of rotatable bonds is 3. The number of benzene rings is 1. The van der Waals surface area contributed by atoms with E-state index in [0.29, 0.717) is 13.1 Å². The van der Waals surface area contributed by atoms with Gasteiger partial charge < -0.3 is 14.3 Å². The van der Waals surface area contributed by atoms with Crippen LogP contribution in [-0.4, -0.2) is 42.1 Å². The summed E-state index contributed by atoms with van der Waals surface area (Å²) in [5.74, 6) is 0.672. The Morgan fingerprint density at radius 1 is 1.17 bits per heavy atom. The molecule has 24 heavy (non-hydrogen) atoms. The second kappa shape index (κ2) is 5.61. The number of halogens is 1. The fourth-order valence-corrected chi connectivity index (χ4v) is 3.42. The van der Waals surface area contributed by atoms with Crippen LogP contribution in [0.3, 0.4) is 0 Å². The summed E-state index contributed by atoms with van der Waals surface area (Å²) >= 11 is 0. The molecule has 1 aliphatic carbocycles. The third kappa shape index (κ3) is 2.56. The van der Waals surface area contributed by atoms with E-state index in [1.165, 1.54) is 12.1 Å². The smallest absolute Gasteiger partial charge is 0.235 e. The Morgan fingerprint density at radius 2 is 1.83 bits per heavy atom. The molecule has 2 aromatic rings. The third-order valence-corrected chi connectivity index (χ3v) is 5.04. The SMILES string of the molecule is Cc1cc(C2(C(=O)N3CCN(c4ccc(F)cc4)CC3)CC2)no1. The molecule has 0 atom stereocenters. The van der Waals surface area contributed by atoms with E-state index in [1.807, 2.05) is 17.9 Å². The first kappa shape index (κ1) is 15.2. The Kier molecular flexibility index (Phi) is 3.55. The predicted molar refractivity (Wildman–Crippen MR) is 87.3 cm³/mol. The van der Waals surface area contributed by atoms with Crippen LogP contribution in [0.2, 0.25) is 0 Å². The topological polar surface area (TPSA) is 49.6 Å². The first-order chi connectivity index (χ1) is 11.6. The molecule has 0 bridgehead atoms. The summed E-state index contributed by atoms with van der Waals surface area (Å²) in [6.45, 7) is 4.71. The highest BCUT2D eigenvalue weighted by Crippen LogP contribution is 2.49. The van der Waals surface area contributed by atoms with Crippen molar-refractivity contribution in [1.82, 2.24) is 10.1 Å². The Bertz CT molecular complexity index is 744. The monoisotopic (exact) mass is 329 g/mol. The molecule has 126 valence electrons.